The van der Waals surface area contributed by atoms with Crippen LogP contribution in [0.1, 0.15) is 28.9 Å². The molecule has 0 bridgehead atoms. The van der Waals surface area contributed by atoms with Crippen molar-refractivity contribution in [2.45, 2.75) is 13.0 Å². The molecule has 0 saturated carbocycles. The molecule has 0 aliphatic carbocycles. The first-order valence-corrected chi connectivity index (χ1v) is 8.84. The molecule has 0 aliphatic heterocycles. The number of halogens is 3. The van der Waals surface area contributed by atoms with Gasteiger partial charge in [-0.1, -0.05) is 23.2 Å². The van der Waals surface area contributed by atoms with Gasteiger partial charge < -0.3 is 15.0 Å². The Balaban J connectivity index is 1.84. The third kappa shape index (κ3) is 4.18. The summed E-state index contributed by atoms with van der Waals surface area (Å²) in [4.78, 5) is 26.9. The van der Waals surface area contributed by atoms with Gasteiger partial charge in [0.05, 0.1) is 16.9 Å². The highest BCUT2D eigenvalue weighted by molar-refractivity contribution is 6.36. The van der Waals surface area contributed by atoms with Crippen molar-refractivity contribution in [3.8, 4) is 5.75 Å². The number of aromatic nitrogens is 3. The summed E-state index contributed by atoms with van der Waals surface area (Å²) in [6, 6.07) is 3.81. The Labute approximate surface area is 169 Å². The molecule has 3 rings (SSSR count). The highest BCUT2D eigenvalue weighted by Crippen LogP contribution is 2.34. The molecular formula is C18H15Cl2FN4O3. The van der Waals surface area contributed by atoms with Crippen molar-refractivity contribution in [3.05, 3.63) is 74.1 Å². The van der Waals surface area contributed by atoms with Gasteiger partial charge in [-0.2, -0.15) is 5.10 Å². The number of rotatable bonds is 5. The molecule has 1 aromatic carbocycles. The number of anilines is 1. The monoisotopic (exact) mass is 424 g/mol. The molecule has 2 aromatic heterocycles. The van der Waals surface area contributed by atoms with Crippen LogP contribution in [0.15, 0.2) is 41.6 Å². The van der Waals surface area contributed by atoms with Crippen molar-refractivity contribution >= 4 is 34.8 Å². The smallest absolute Gasteiger partial charge is 0.261 e. The molecule has 0 unspecified atom stereocenters. The average Bonchev–Trinajstić information content (AvgIpc) is 3.05. The Hall–Kier alpha value is -2.84. The van der Waals surface area contributed by atoms with Crippen LogP contribution in [-0.4, -0.2) is 20.7 Å². The molecule has 7 nitrogen and oxygen atoms in total. The summed E-state index contributed by atoms with van der Waals surface area (Å²) >= 11 is 12.1. The van der Waals surface area contributed by atoms with E-state index in [1.165, 1.54) is 29.2 Å². The second-order valence-corrected chi connectivity index (χ2v) is 6.74. The van der Waals surface area contributed by atoms with Gasteiger partial charge in [-0.3, -0.25) is 14.3 Å². The van der Waals surface area contributed by atoms with Gasteiger partial charge in [0.1, 0.15) is 23.2 Å². The summed E-state index contributed by atoms with van der Waals surface area (Å²) < 4.78 is 21.0. The zero-order valence-electron chi connectivity index (χ0n) is 14.8. The Morgan fingerprint density at radius 3 is 2.82 bits per heavy atom. The molecule has 3 aromatic rings. The molecule has 0 saturated heterocycles. The van der Waals surface area contributed by atoms with E-state index < -0.39 is 23.4 Å². The zero-order chi connectivity index (χ0) is 20.4. The molecule has 146 valence electrons. The minimum Gasteiger partial charge on any atom is -0.484 e. The molecule has 0 radical (unpaired) electrons. The summed E-state index contributed by atoms with van der Waals surface area (Å²) in [5, 5.41) is 6.58. The number of aryl methyl sites for hydroxylation is 1. The van der Waals surface area contributed by atoms with Crippen LogP contribution in [0.5, 0.6) is 5.75 Å². The fraction of sp³-hybridized carbons (Fsp3) is 0.167. The molecule has 28 heavy (non-hydrogen) atoms. The van der Waals surface area contributed by atoms with E-state index in [9.17, 15) is 14.0 Å². The quantitative estimate of drug-likeness (QED) is 0.606. The third-order valence-electron chi connectivity index (χ3n) is 3.88. The Bertz CT molecular complexity index is 1100. The molecule has 0 aliphatic rings. The number of benzene rings is 1. The van der Waals surface area contributed by atoms with E-state index in [0.29, 0.717) is 5.69 Å². The molecule has 2 N–H and O–H groups in total. The highest BCUT2D eigenvalue weighted by Gasteiger charge is 2.20. The minimum atomic E-state index is -0.740. The largest absolute Gasteiger partial charge is 0.484 e. The number of hydrogen-bond donors (Lipinski definition) is 2. The SMILES string of the molecule is C[C@@H](Oc1c[nH]c(=O)c(C(=O)Nc2cnn(C)c2)c1)c1c(Cl)ccc(F)c1Cl. The molecule has 2 heterocycles. The van der Waals surface area contributed by atoms with Crippen molar-refractivity contribution in [1.29, 1.82) is 0 Å². The Kier molecular flexibility index (Phi) is 5.71. The summed E-state index contributed by atoms with van der Waals surface area (Å²) in [7, 11) is 1.70. The van der Waals surface area contributed by atoms with Crippen LogP contribution in [0, 0.1) is 5.82 Å². The average molecular weight is 425 g/mol. The van der Waals surface area contributed by atoms with E-state index in [1.807, 2.05) is 0 Å². The maximum atomic E-state index is 13.7. The Morgan fingerprint density at radius 2 is 2.14 bits per heavy atom. The van der Waals surface area contributed by atoms with E-state index in [4.69, 9.17) is 27.9 Å². The Morgan fingerprint density at radius 1 is 1.39 bits per heavy atom. The van der Waals surface area contributed by atoms with Gasteiger partial charge in [-0.15, -0.1) is 0 Å². The molecule has 0 fully saturated rings. The van der Waals surface area contributed by atoms with Gasteiger partial charge in [0.25, 0.3) is 11.5 Å². The first-order chi connectivity index (χ1) is 13.3. The highest BCUT2D eigenvalue weighted by atomic mass is 35.5. The number of nitrogens with one attached hydrogen (secondary N) is 2. The van der Waals surface area contributed by atoms with Gasteiger partial charge in [0.15, 0.2) is 0 Å². The number of pyridine rings is 1. The number of ether oxygens (including phenoxy) is 1. The van der Waals surface area contributed by atoms with Gasteiger partial charge in [-0.05, 0) is 19.1 Å². The van der Waals surface area contributed by atoms with E-state index in [-0.39, 0.29) is 26.9 Å². The summed E-state index contributed by atoms with van der Waals surface area (Å²) in [5.74, 6) is -1.08. The lowest BCUT2D eigenvalue weighted by atomic mass is 10.1. The van der Waals surface area contributed by atoms with E-state index in [1.54, 1.807) is 20.2 Å². The van der Waals surface area contributed by atoms with Crippen molar-refractivity contribution in [1.82, 2.24) is 14.8 Å². The summed E-state index contributed by atoms with van der Waals surface area (Å²) in [5.41, 5.74) is -0.0611. The lowest BCUT2D eigenvalue weighted by Crippen LogP contribution is -2.23. The topological polar surface area (TPSA) is 89.0 Å². The lowest BCUT2D eigenvalue weighted by molar-refractivity contribution is 0.102. The first kappa shape index (κ1) is 19.9. The van der Waals surface area contributed by atoms with Crippen LogP contribution in [-0.2, 0) is 7.05 Å². The van der Waals surface area contributed by atoms with Gasteiger partial charge in [0.2, 0.25) is 0 Å². The number of carbonyl (C=O) groups is 1. The van der Waals surface area contributed by atoms with Crippen LogP contribution in [0.25, 0.3) is 0 Å². The van der Waals surface area contributed by atoms with Gasteiger partial charge >= 0.3 is 0 Å². The van der Waals surface area contributed by atoms with Crippen LogP contribution >= 0.6 is 23.2 Å². The van der Waals surface area contributed by atoms with Crippen molar-refractivity contribution in [3.63, 3.8) is 0 Å². The third-order valence-corrected chi connectivity index (χ3v) is 4.60. The summed E-state index contributed by atoms with van der Waals surface area (Å²) in [6.07, 6.45) is 3.59. The van der Waals surface area contributed by atoms with E-state index in [2.05, 4.69) is 15.4 Å². The van der Waals surface area contributed by atoms with Crippen LogP contribution in [0.2, 0.25) is 10.0 Å². The number of carbonyl (C=O) groups excluding carboxylic acids is 1. The minimum absolute atomic E-state index is 0.154. The van der Waals surface area contributed by atoms with Crippen molar-refractivity contribution in [2.75, 3.05) is 5.32 Å². The number of aromatic amines is 1. The predicted molar refractivity (Wildman–Crippen MR) is 104 cm³/mol. The fourth-order valence-corrected chi connectivity index (χ4v) is 3.24. The van der Waals surface area contributed by atoms with Crippen LogP contribution in [0.3, 0.4) is 0 Å². The van der Waals surface area contributed by atoms with Crippen molar-refractivity contribution < 1.29 is 13.9 Å². The standard InChI is InChI=1S/C18H15Cl2FN4O3/c1-9(15-13(19)3-4-14(21)16(15)20)28-11-5-12(17(26)22-7-11)18(27)24-10-6-23-25(2)8-10/h3-9H,1-2H3,(H,22,26)(H,24,27)/t9-/m1/s1. The van der Waals surface area contributed by atoms with Gasteiger partial charge in [0, 0.05) is 36.1 Å². The number of nitrogens with zero attached hydrogens (tertiary/aromatic N) is 2. The maximum absolute atomic E-state index is 13.7. The lowest BCUT2D eigenvalue weighted by Gasteiger charge is -2.18. The number of H-pyrrole nitrogens is 1. The molecule has 1 amide bonds. The fourth-order valence-electron chi connectivity index (χ4n) is 2.56. The van der Waals surface area contributed by atoms with E-state index >= 15 is 0 Å². The number of amides is 1. The molecule has 10 heteroatoms. The normalized spacial score (nSPS) is 11.9. The second-order valence-electron chi connectivity index (χ2n) is 5.95. The molecule has 1 atom stereocenters. The maximum Gasteiger partial charge on any atom is 0.261 e. The van der Waals surface area contributed by atoms with Crippen LogP contribution in [0.4, 0.5) is 10.1 Å². The predicted octanol–water partition coefficient (Wildman–Crippen LogP) is 3.95. The van der Waals surface area contributed by atoms with Gasteiger partial charge in [-0.25, -0.2) is 4.39 Å². The molecule has 0 spiro atoms. The van der Waals surface area contributed by atoms with Crippen LogP contribution < -0.4 is 15.6 Å². The zero-order valence-corrected chi connectivity index (χ0v) is 16.3. The van der Waals surface area contributed by atoms with E-state index in [0.717, 1.165) is 6.07 Å². The second kappa shape index (κ2) is 8.04. The summed E-state index contributed by atoms with van der Waals surface area (Å²) in [6.45, 7) is 1.62. The molecular weight excluding hydrogens is 410 g/mol. The van der Waals surface area contributed by atoms with Crippen molar-refractivity contribution in [2.24, 2.45) is 7.05 Å². The number of hydrogen-bond acceptors (Lipinski definition) is 4. The first-order valence-electron chi connectivity index (χ1n) is 8.09.